The number of amides is 2. The zero-order chi connectivity index (χ0) is 35.0. The van der Waals surface area contributed by atoms with Crippen LogP contribution in [0.25, 0.3) is 11.3 Å². The maximum absolute atomic E-state index is 13.4. The number of hydrogen-bond donors (Lipinski definition) is 4. The van der Waals surface area contributed by atoms with Crippen molar-refractivity contribution in [3.8, 4) is 11.3 Å². The quantitative estimate of drug-likeness (QED) is 0.0942. The Hall–Kier alpha value is -4.53. The lowest BCUT2D eigenvalue weighted by Crippen LogP contribution is -2.40. The highest BCUT2D eigenvalue weighted by atomic mass is 32.2. The van der Waals surface area contributed by atoms with Gasteiger partial charge in [-0.05, 0) is 65.7 Å². The minimum atomic E-state index is -4.50. The van der Waals surface area contributed by atoms with Crippen molar-refractivity contribution in [2.24, 2.45) is 0 Å². The Morgan fingerprint density at radius 2 is 1.78 bits per heavy atom. The van der Waals surface area contributed by atoms with Gasteiger partial charge in [0.15, 0.2) is 0 Å². The van der Waals surface area contributed by atoms with Crippen LogP contribution in [0.15, 0.2) is 85.1 Å². The minimum Gasteiger partial charge on any atom is -0.481 e. The molecule has 1 fully saturated rings. The summed E-state index contributed by atoms with van der Waals surface area (Å²) in [7, 11) is 0. The lowest BCUT2D eigenvalue weighted by molar-refractivity contribution is -0.138. The summed E-state index contributed by atoms with van der Waals surface area (Å²) in [6.45, 7) is 1.52. The third-order valence-electron chi connectivity index (χ3n) is 7.62. The van der Waals surface area contributed by atoms with Crippen LogP contribution >= 0.6 is 24.4 Å². The molecule has 1 aliphatic heterocycles. The molecule has 3 aromatic carbocycles. The van der Waals surface area contributed by atoms with Gasteiger partial charge in [0.25, 0.3) is 11.8 Å². The maximum Gasteiger partial charge on any atom is 0.416 e. The normalized spacial score (nSPS) is 14.7. The highest BCUT2D eigenvalue weighted by Crippen LogP contribution is 2.33. The predicted octanol–water partition coefficient (Wildman–Crippen LogP) is 6.75. The molecule has 49 heavy (non-hydrogen) atoms. The van der Waals surface area contributed by atoms with Crippen LogP contribution in [0.4, 0.5) is 24.5 Å². The van der Waals surface area contributed by atoms with Crippen LogP contribution < -0.4 is 15.5 Å². The smallest absolute Gasteiger partial charge is 0.416 e. The number of halogens is 3. The second-order valence-corrected chi connectivity index (χ2v) is 12.8. The van der Waals surface area contributed by atoms with Gasteiger partial charge in [0.05, 0.1) is 36.5 Å². The molecule has 1 atom stereocenters. The first-order valence-electron chi connectivity index (χ1n) is 15.3. The third kappa shape index (κ3) is 10.00. The van der Waals surface area contributed by atoms with Gasteiger partial charge in [-0.2, -0.15) is 24.9 Å². The number of rotatable bonds is 12. The van der Waals surface area contributed by atoms with Gasteiger partial charge in [0.1, 0.15) is 5.44 Å². The number of pyridine rings is 1. The van der Waals surface area contributed by atoms with Crippen molar-refractivity contribution in [3.63, 3.8) is 0 Å². The standard InChI is InChI=1S/C35H33F3N4O5S2/c36-35(37,38)26-3-1-2-23(16-26)19-40-33(45)25-10-12-39-30(17-25)28-18-27(42-13-14-47-32(48)20-42)8-9-29(28)41-34(46)24-6-4-22(5-7-24)21-49-15-11-31(43)44/h1-10,12,16-18,32,48H,11,13-15,19-21H2,(H,40,45)(H,41,46)(H,43,44). The van der Waals surface area contributed by atoms with E-state index in [1.807, 2.05) is 24.3 Å². The van der Waals surface area contributed by atoms with Gasteiger partial charge in [-0.3, -0.25) is 19.4 Å². The Morgan fingerprint density at radius 1 is 0.980 bits per heavy atom. The highest BCUT2D eigenvalue weighted by molar-refractivity contribution is 7.98. The van der Waals surface area contributed by atoms with E-state index in [4.69, 9.17) is 9.84 Å². The van der Waals surface area contributed by atoms with E-state index < -0.39 is 23.6 Å². The maximum atomic E-state index is 13.4. The Balaban J connectivity index is 1.36. The molecule has 0 saturated carbocycles. The number of carboxylic acids is 1. The summed E-state index contributed by atoms with van der Waals surface area (Å²) in [6, 6.07) is 20.4. The summed E-state index contributed by atoms with van der Waals surface area (Å²) in [5, 5.41) is 14.5. The van der Waals surface area contributed by atoms with Gasteiger partial charge in [-0.25, -0.2) is 0 Å². The Labute approximate surface area is 290 Å². The van der Waals surface area contributed by atoms with Crippen LogP contribution in [0.5, 0.6) is 0 Å². The van der Waals surface area contributed by atoms with Crippen LogP contribution in [0.1, 0.15) is 43.8 Å². The van der Waals surface area contributed by atoms with Crippen molar-refractivity contribution < 1.29 is 37.4 Å². The molecule has 0 aliphatic carbocycles. The third-order valence-corrected chi connectivity index (χ3v) is 8.96. The largest absolute Gasteiger partial charge is 0.481 e. The number of carbonyl (C=O) groups is 3. The monoisotopic (exact) mass is 710 g/mol. The molecule has 1 aromatic heterocycles. The minimum absolute atomic E-state index is 0.0787. The number of alkyl halides is 3. The first-order valence-corrected chi connectivity index (χ1v) is 16.9. The second kappa shape index (κ2) is 16.2. The van der Waals surface area contributed by atoms with Gasteiger partial charge in [0.2, 0.25) is 0 Å². The Bertz CT molecular complexity index is 1810. The molecule has 2 amide bonds. The zero-order valence-corrected chi connectivity index (χ0v) is 27.8. The number of thioether (sulfide) groups is 1. The lowest BCUT2D eigenvalue weighted by Gasteiger charge is -2.32. The summed E-state index contributed by atoms with van der Waals surface area (Å²) >= 11 is 5.95. The molecule has 1 aliphatic rings. The van der Waals surface area contributed by atoms with Crippen molar-refractivity contribution in [1.29, 1.82) is 0 Å². The number of carboxylic acid groups (broad SMARTS) is 1. The number of morpholine rings is 1. The number of carbonyl (C=O) groups excluding carboxylic acids is 2. The van der Waals surface area contributed by atoms with Gasteiger partial charge in [-0.15, -0.1) is 12.6 Å². The van der Waals surface area contributed by atoms with Crippen LogP contribution in [0.2, 0.25) is 0 Å². The first-order chi connectivity index (χ1) is 23.5. The molecule has 9 nitrogen and oxygen atoms in total. The van der Waals surface area contributed by atoms with Crippen LogP contribution in [-0.4, -0.2) is 58.8 Å². The van der Waals surface area contributed by atoms with Crippen LogP contribution in [0.3, 0.4) is 0 Å². The van der Waals surface area contributed by atoms with Crippen molar-refractivity contribution in [1.82, 2.24) is 10.3 Å². The fourth-order valence-corrected chi connectivity index (χ4v) is 6.27. The van der Waals surface area contributed by atoms with E-state index in [0.29, 0.717) is 59.3 Å². The van der Waals surface area contributed by atoms with Crippen LogP contribution in [0, 0.1) is 0 Å². The number of ether oxygens (including phenoxy) is 1. The molecule has 14 heteroatoms. The van der Waals surface area contributed by atoms with Crippen molar-refractivity contribution in [3.05, 3.63) is 113 Å². The van der Waals surface area contributed by atoms with Crippen molar-refractivity contribution >= 4 is 53.5 Å². The number of anilines is 2. The molecule has 0 bridgehead atoms. The van der Waals surface area contributed by atoms with Gasteiger partial charge >= 0.3 is 12.1 Å². The number of aromatic nitrogens is 1. The molecule has 2 heterocycles. The summed E-state index contributed by atoms with van der Waals surface area (Å²) in [5.41, 5.74) is 3.05. The van der Waals surface area contributed by atoms with Gasteiger partial charge in [-0.1, -0.05) is 24.3 Å². The van der Waals surface area contributed by atoms with E-state index in [1.165, 1.54) is 36.2 Å². The molecular formula is C35H33F3N4O5S2. The SMILES string of the molecule is O=C(O)CCSCc1ccc(C(=O)Nc2ccc(N3CCOC(S)C3)cc2-c2cc(C(=O)NCc3cccc(C(F)(F)F)c3)ccn2)cc1. The molecule has 0 spiro atoms. The van der Waals surface area contributed by atoms with E-state index in [1.54, 1.807) is 24.3 Å². The molecule has 4 aromatic rings. The number of nitrogens with one attached hydrogen (secondary N) is 2. The van der Waals surface area contributed by atoms with E-state index in [0.717, 1.165) is 23.4 Å². The van der Waals surface area contributed by atoms with E-state index in [2.05, 4.69) is 33.1 Å². The summed E-state index contributed by atoms with van der Waals surface area (Å²) in [4.78, 5) is 43.8. The number of nitrogens with zero attached hydrogens (tertiary/aromatic N) is 2. The highest BCUT2D eigenvalue weighted by Gasteiger charge is 2.30. The number of thiol groups is 1. The molecule has 256 valence electrons. The zero-order valence-electron chi connectivity index (χ0n) is 26.1. The lowest BCUT2D eigenvalue weighted by atomic mass is 10.0. The van der Waals surface area contributed by atoms with E-state index >= 15 is 0 Å². The summed E-state index contributed by atoms with van der Waals surface area (Å²) < 4.78 is 45.0. The van der Waals surface area contributed by atoms with Gasteiger partial charge in [0, 0.05) is 53.2 Å². The molecular weight excluding hydrogens is 678 g/mol. The molecule has 5 rings (SSSR count). The average Bonchev–Trinajstić information content (AvgIpc) is 3.09. The predicted molar refractivity (Wildman–Crippen MR) is 186 cm³/mol. The first kappa shape index (κ1) is 35.8. The fourth-order valence-electron chi connectivity index (χ4n) is 5.07. The van der Waals surface area contributed by atoms with Gasteiger partial charge < -0.3 is 25.4 Å². The topological polar surface area (TPSA) is 121 Å². The Morgan fingerprint density at radius 3 is 2.51 bits per heavy atom. The van der Waals surface area contributed by atoms with Crippen molar-refractivity contribution in [2.45, 2.75) is 30.3 Å². The summed E-state index contributed by atoms with van der Waals surface area (Å²) in [5.74, 6) is -0.611. The number of benzene rings is 3. The number of hydrogen-bond acceptors (Lipinski definition) is 8. The van der Waals surface area contributed by atoms with E-state index in [-0.39, 0.29) is 29.9 Å². The fraction of sp³-hybridized carbons (Fsp3) is 0.257. The number of aliphatic carboxylic acids is 1. The second-order valence-electron chi connectivity index (χ2n) is 11.2. The van der Waals surface area contributed by atoms with E-state index in [9.17, 15) is 27.6 Å². The summed E-state index contributed by atoms with van der Waals surface area (Å²) in [6.07, 6.45) is -2.96. The van der Waals surface area contributed by atoms with Crippen LogP contribution in [-0.2, 0) is 28.0 Å². The Kier molecular flexibility index (Phi) is 11.9. The molecule has 1 saturated heterocycles. The van der Waals surface area contributed by atoms with Crippen molar-refractivity contribution in [2.75, 3.05) is 35.7 Å². The molecule has 1 unspecified atom stereocenters. The average molecular weight is 711 g/mol. The molecule has 3 N–H and O–H groups in total. The molecule has 0 radical (unpaired) electrons.